The van der Waals surface area contributed by atoms with Crippen molar-refractivity contribution in [1.29, 1.82) is 0 Å². The molecule has 1 aliphatic rings. The summed E-state index contributed by atoms with van der Waals surface area (Å²) in [5, 5.41) is 4.19. The summed E-state index contributed by atoms with van der Waals surface area (Å²) in [6.45, 7) is 1.88. The van der Waals surface area contributed by atoms with Crippen molar-refractivity contribution < 1.29 is 0 Å². The largest absolute Gasteiger partial charge is 0.330 e. The Labute approximate surface area is 78.9 Å². The van der Waals surface area contributed by atoms with E-state index in [4.69, 9.17) is 5.73 Å². The Balaban J connectivity index is 1.79. The quantitative estimate of drug-likeness (QED) is 0.742. The van der Waals surface area contributed by atoms with Crippen LogP contribution in [0.15, 0.2) is 18.5 Å². The summed E-state index contributed by atoms with van der Waals surface area (Å²) in [5.41, 5.74) is 6.17. The molecular formula is C10H17N3. The zero-order valence-corrected chi connectivity index (χ0v) is 7.95. The number of aryl methyl sites for hydroxylation is 1. The first-order valence-corrected chi connectivity index (χ1v) is 5.02. The Kier molecular flexibility index (Phi) is 2.36. The topological polar surface area (TPSA) is 43.8 Å². The van der Waals surface area contributed by atoms with Crippen LogP contribution in [0.2, 0.25) is 0 Å². The fourth-order valence-corrected chi connectivity index (χ4v) is 1.89. The summed E-state index contributed by atoms with van der Waals surface area (Å²) >= 11 is 0. The van der Waals surface area contributed by atoms with E-state index in [1.165, 1.54) is 25.7 Å². The van der Waals surface area contributed by atoms with Crippen molar-refractivity contribution >= 4 is 0 Å². The van der Waals surface area contributed by atoms with Crippen LogP contribution in [0.4, 0.5) is 0 Å². The molecule has 0 aliphatic heterocycles. The highest BCUT2D eigenvalue weighted by Crippen LogP contribution is 2.51. The number of hydrogen-bond donors (Lipinski definition) is 1. The van der Waals surface area contributed by atoms with Gasteiger partial charge in [-0.25, -0.2) is 0 Å². The molecule has 0 atom stereocenters. The van der Waals surface area contributed by atoms with Gasteiger partial charge in [-0.1, -0.05) is 0 Å². The molecule has 3 heteroatoms. The highest BCUT2D eigenvalue weighted by Gasteiger charge is 2.40. The van der Waals surface area contributed by atoms with Gasteiger partial charge in [0.15, 0.2) is 0 Å². The zero-order chi connectivity index (χ0) is 9.15. The third-order valence-electron chi connectivity index (χ3n) is 3.06. The molecule has 0 bridgehead atoms. The smallest absolute Gasteiger partial charge is 0.0489 e. The Bertz CT molecular complexity index is 249. The third-order valence-corrected chi connectivity index (χ3v) is 3.06. The molecule has 1 aromatic heterocycles. The van der Waals surface area contributed by atoms with Crippen molar-refractivity contribution in [3.8, 4) is 0 Å². The van der Waals surface area contributed by atoms with Crippen molar-refractivity contribution in [2.75, 3.05) is 6.54 Å². The Morgan fingerprint density at radius 1 is 1.38 bits per heavy atom. The van der Waals surface area contributed by atoms with Crippen molar-refractivity contribution in [2.45, 2.75) is 32.2 Å². The molecular weight excluding hydrogens is 162 g/mol. The maximum Gasteiger partial charge on any atom is 0.0489 e. The average Bonchev–Trinajstić information content (AvgIpc) is 2.71. The van der Waals surface area contributed by atoms with Gasteiger partial charge in [0.05, 0.1) is 0 Å². The molecule has 72 valence electrons. The Morgan fingerprint density at radius 3 is 2.77 bits per heavy atom. The minimum absolute atomic E-state index is 0.584. The first-order valence-electron chi connectivity index (χ1n) is 5.02. The molecule has 13 heavy (non-hydrogen) atoms. The molecule has 2 rings (SSSR count). The summed E-state index contributed by atoms with van der Waals surface area (Å²) in [6.07, 6.45) is 9.03. The van der Waals surface area contributed by atoms with Gasteiger partial charge in [0.1, 0.15) is 0 Å². The molecule has 1 aromatic rings. The van der Waals surface area contributed by atoms with E-state index < -0.39 is 0 Å². The fraction of sp³-hybridized carbons (Fsp3) is 0.700. The maximum atomic E-state index is 5.58. The minimum Gasteiger partial charge on any atom is -0.330 e. The number of hydrogen-bond acceptors (Lipinski definition) is 2. The van der Waals surface area contributed by atoms with Gasteiger partial charge in [0, 0.05) is 18.9 Å². The van der Waals surface area contributed by atoms with Crippen LogP contribution in [0.25, 0.3) is 0 Å². The van der Waals surface area contributed by atoms with Gasteiger partial charge in [-0.3, -0.25) is 4.68 Å². The highest BCUT2D eigenvalue weighted by atomic mass is 15.3. The van der Waals surface area contributed by atoms with E-state index in [9.17, 15) is 0 Å². The second-order valence-electron chi connectivity index (χ2n) is 4.06. The number of rotatable bonds is 5. The normalized spacial score (nSPS) is 18.8. The second-order valence-corrected chi connectivity index (χ2v) is 4.06. The van der Waals surface area contributed by atoms with Crippen LogP contribution in [-0.2, 0) is 6.54 Å². The van der Waals surface area contributed by atoms with Crippen molar-refractivity contribution in [3.63, 3.8) is 0 Å². The molecule has 1 fully saturated rings. The molecule has 0 radical (unpaired) electrons. The van der Waals surface area contributed by atoms with E-state index in [1.807, 2.05) is 23.1 Å². The summed E-state index contributed by atoms with van der Waals surface area (Å²) in [7, 11) is 0. The minimum atomic E-state index is 0.584. The van der Waals surface area contributed by atoms with Crippen LogP contribution in [0, 0.1) is 5.41 Å². The van der Waals surface area contributed by atoms with Gasteiger partial charge in [-0.15, -0.1) is 0 Å². The average molecular weight is 179 g/mol. The van der Waals surface area contributed by atoms with Crippen LogP contribution in [0.5, 0.6) is 0 Å². The molecule has 0 saturated heterocycles. The number of nitrogens with zero attached hydrogens (tertiary/aromatic N) is 2. The molecule has 0 amide bonds. The summed E-state index contributed by atoms with van der Waals surface area (Å²) in [5.74, 6) is 0. The maximum absolute atomic E-state index is 5.58. The molecule has 0 spiro atoms. The lowest BCUT2D eigenvalue weighted by Crippen LogP contribution is -2.12. The molecule has 1 heterocycles. The lowest BCUT2D eigenvalue weighted by atomic mass is 9.98. The van der Waals surface area contributed by atoms with Gasteiger partial charge in [-0.2, -0.15) is 5.10 Å². The standard InChI is InChI=1S/C10H17N3/c11-6-4-10(2-3-10)5-9-13-8-1-7-12-13/h1,7-8H,2-6,9,11H2. The van der Waals surface area contributed by atoms with Crippen LogP contribution >= 0.6 is 0 Å². The Hall–Kier alpha value is -0.830. The molecule has 0 unspecified atom stereocenters. The van der Waals surface area contributed by atoms with Crippen LogP contribution in [-0.4, -0.2) is 16.3 Å². The molecule has 2 N–H and O–H groups in total. The van der Waals surface area contributed by atoms with E-state index in [-0.39, 0.29) is 0 Å². The Morgan fingerprint density at radius 2 is 2.23 bits per heavy atom. The van der Waals surface area contributed by atoms with E-state index in [0.29, 0.717) is 5.41 Å². The monoisotopic (exact) mass is 179 g/mol. The fourth-order valence-electron chi connectivity index (χ4n) is 1.89. The van der Waals surface area contributed by atoms with E-state index in [0.717, 1.165) is 13.1 Å². The lowest BCUT2D eigenvalue weighted by molar-refractivity contribution is 0.390. The molecule has 0 aromatic carbocycles. The highest BCUT2D eigenvalue weighted by molar-refractivity contribution is 4.93. The number of nitrogens with two attached hydrogens (primary N) is 1. The first kappa shape index (κ1) is 8.75. The van der Waals surface area contributed by atoms with E-state index in [1.54, 1.807) is 0 Å². The van der Waals surface area contributed by atoms with Crippen LogP contribution in [0.3, 0.4) is 0 Å². The van der Waals surface area contributed by atoms with Gasteiger partial charge < -0.3 is 5.73 Å². The van der Waals surface area contributed by atoms with Crippen LogP contribution < -0.4 is 5.73 Å². The third kappa shape index (κ3) is 2.10. The summed E-state index contributed by atoms with van der Waals surface area (Å²) < 4.78 is 2.01. The molecule has 1 aliphatic carbocycles. The summed E-state index contributed by atoms with van der Waals surface area (Å²) in [6, 6.07) is 1.97. The zero-order valence-electron chi connectivity index (χ0n) is 7.95. The van der Waals surface area contributed by atoms with Crippen LogP contribution in [0.1, 0.15) is 25.7 Å². The summed E-state index contributed by atoms with van der Waals surface area (Å²) in [4.78, 5) is 0. The van der Waals surface area contributed by atoms with Crippen molar-refractivity contribution in [2.24, 2.45) is 11.1 Å². The first-order chi connectivity index (χ1) is 6.35. The van der Waals surface area contributed by atoms with Gasteiger partial charge in [-0.05, 0) is 43.7 Å². The predicted octanol–water partition coefficient (Wildman–Crippen LogP) is 1.40. The van der Waals surface area contributed by atoms with Gasteiger partial charge >= 0.3 is 0 Å². The molecule has 1 saturated carbocycles. The second kappa shape index (κ2) is 3.50. The van der Waals surface area contributed by atoms with Crippen molar-refractivity contribution in [1.82, 2.24) is 9.78 Å². The van der Waals surface area contributed by atoms with E-state index in [2.05, 4.69) is 5.10 Å². The van der Waals surface area contributed by atoms with Gasteiger partial charge in [0.25, 0.3) is 0 Å². The predicted molar refractivity (Wildman–Crippen MR) is 52.2 cm³/mol. The molecule has 3 nitrogen and oxygen atoms in total. The number of aromatic nitrogens is 2. The van der Waals surface area contributed by atoms with Crippen molar-refractivity contribution in [3.05, 3.63) is 18.5 Å². The van der Waals surface area contributed by atoms with E-state index >= 15 is 0 Å². The SMILES string of the molecule is NCCC1(CCn2cccn2)CC1. The lowest BCUT2D eigenvalue weighted by Gasteiger charge is -2.13. The van der Waals surface area contributed by atoms with Gasteiger partial charge in [0.2, 0.25) is 0 Å².